The molecule has 0 aliphatic carbocycles. The van der Waals surface area contributed by atoms with Crippen LogP contribution in [0.3, 0.4) is 0 Å². The van der Waals surface area contributed by atoms with Crippen LogP contribution in [0.5, 0.6) is 5.75 Å². The van der Waals surface area contributed by atoms with Crippen LogP contribution in [0.1, 0.15) is 40.4 Å². The number of esters is 1. The van der Waals surface area contributed by atoms with E-state index in [9.17, 15) is 9.90 Å². The van der Waals surface area contributed by atoms with Crippen molar-refractivity contribution in [3.05, 3.63) is 84.1 Å². The fraction of sp³-hybridized carbons (Fsp3) is 0.286. The van der Waals surface area contributed by atoms with Crippen molar-refractivity contribution in [3.8, 4) is 18.1 Å². The predicted molar refractivity (Wildman–Crippen MR) is 128 cm³/mol. The van der Waals surface area contributed by atoms with Crippen molar-refractivity contribution in [2.45, 2.75) is 25.0 Å². The van der Waals surface area contributed by atoms with Crippen LogP contribution in [-0.2, 0) is 4.74 Å². The lowest BCUT2D eigenvalue weighted by Gasteiger charge is -2.51. The fourth-order valence-corrected chi connectivity index (χ4v) is 5.33. The molecule has 33 heavy (non-hydrogen) atoms. The van der Waals surface area contributed by atoms with Gasteiger partial charge in [0.05, 0.1) is 17.1 Å². The summed E-state index contributed by atoms with van der Waals surface area (Å²) in [6.07, 6.45) is 10.8. The Kier molecular flexibility index (Phi) is 5.62. The first kappa shape index (κ1) is 21.2. The zero-order valence-electron chi connectivity index (χ0n) is 18.4. The Labute approximate surface area is 193 Å². The lowest BCUT2D eigenvalue weighted by Crippen LogP contribution is -2.55. The minimum absolute atomic E-state index is 0.0434. The quantitative estimate of drug-likeness (QED) is 0.355. The molecule has 0 saturated carbocycles. The summed E-state index contributed by atoms with van der Waals surface area (Å²) in [6, 6.07) is 13.9. The number of rotatable bonds is 5. The number of hydrogen-bond acceptors (Lipinski definition) is 5. The van der Waals surface area contributed by atoms with E-state index in [2.05, 4.69) is 28.5 Å². The number of carbonyl (C=O) groups is 1. The second-order valence-corrected chi connectivity index (χ2v) is 8.90. The standard InChI is InChI=1S/C28H26N2O3/c1-3-18-5-7-20(8-6-18)28(32)33-27(26-15-21-12-14-30(26)17-19(21)4-2)23-11-13-29-25-10-9-22(31)16-24(23)25/h1,4-11,13,16,19,21,26-27,31H,2,12,14-15,17H2/t19?,21?,26?,27-/m1/s1. The van der Waals surface area contributed by atoms with E-state index in [0.717, 1.165) is 42.4 Å². The van der Waals surface area contributed by atoms with Gasteiger partial charge in [0, 0.05) is 29.3 Å². The Hall–Kier alpha value is -3.62. The summed E-state index contributed by atoms with van der Waals surface area (Å²) in [4.78, 5) is 20.1. The molecule has 1 aromatic heterocycles. The smallest absolute Gasteiger partial charge is 0.338 e. The minimum atomic E-state index is -0.495. The van der Waals surface area contributed by atoms with Crippen molar-refractivity contribution in [3.63, 3.8) is 0 Å². The van der Waals surface area contributed by atoms with E-state index in [-0.39, 0.29) is 11.8 Å². The van der Waals surface area contributed by atoms with Gasteiger partial charge >= 0.3 is 5.97 Å². The summed E-state index contributed by atoms with van der Waals surface area (Å²) in [7, 11) is 0. The fourth-order valence-electron chi connectivity index (χ4n) is 5.33. The Morgan fingerprint density at radius 1 is 1.27 bits per heavy atom. The van der Waals surface area contributed by atoms with Gasteiger partial charge < -0.3 is 9.84 Å². The molecule has 5 atom stereocenters. The summed E-state index contributed by atoms with van der Waals surface area (Å²) in [5, 5.41) is 10.9. The maximum atomic E-state index is 13.2. The molecule has 5 heteroatoms. The van der Waals surface area contributed by atoms with Gasteiger partial charge in [0.25, 0.3) is 0 Å². The van der Waals surface area contributed by atoms with E-state index >= 15 is 0 Å². The molecule has 0 spiro atoms. The van der Waals surface area contributed by atoms with Crippen molar-refractivity contribution in [1.29, 1.82) is 0 Å². The Morgan fingerprint density at radius 3 is 2.79 bits per heavy atom. The van der Waals surface area contributed by atoms with Crippen LogP contribution >= 0.6 is 0 Å². The van der Waals surface area contributed by atoms with E-state index in [1.165, 1.54) is 0 Å². The number of fused-ring (bicyclic) bond motifs is 4. The van der Waals surface area contributed by atoms with Gasteiger partial charge in [0.1, 0.15) is 11.9 Å². The molecule has 6 rings (SSSR count). The van der Waals surface area contributed by atoms with Crippen LogP contribution < -0.4 is 0 Å². The number of carbonyl (C=O) groups excluding carboxylic acids is 1. The van der Waals surface area contributed by atoms with E-state index in [0.29, 0.717) is 23.0 Å². The van der Waals surface area contributed by atoms with Gasteiger partial charge in [-0.15, -0.1) is 13.0 Å². The number of aromatic hydroxyl groups is 1. The number of terminal acetylenes is 1. The van der Waals surface area contributed by atoms with Gasteiger partial charge in [-0.05, 0) is 79.8 Å². The summed E-state index contributed by atoms with van der Waals surface area (Å²) in [5.41, 5.74) is 2.78. The molecule has 0 radical (unpaired) electrons. The third-order valence-corrected chi connectivity index (χ3v) is 7.09. The molecule has 4 unspecified atom stereocenters. The molecule has 1 N–H and O–H groups in total. The molecule has 3 saturated heterocycles. The van der Waals surface area contributed by atoms with Crippen molar-refractivity contribution in [1.82, 2.24) is 9.88 Å². The summed E-state index contributed by atoms with van der Waals surface area (Å²) < 4.78 is 6.24. The first-order valence-electron chi connectivity index (χ1n) is 11.3. The van der Waals surface area contributed by atoms with Gasteiger partial charge in [-0.3, -0.25) is 9.88 Å². The van der Waals surface area contributed by atoms with Crippen LogP contribution in [0.2, 0.25) is 0 Å². The first-order valence-corrected chi connectivity index (χ1v) is 11.3. The molecule has 2 bridgehead atoms. The van der Waals surface area contributed by atoms with Crippen LogP contribution in [0.15, 0.2) is 67.4 Å². The molecule has 3 aliphatic rings. The highest BCUT2D eigenvalue weighted by molar-refractivity contribution is 5.90. The van der Waals surface area contributed by atoms with E-state index < -0.39 is 12.1 Å². The SMILES string of the molecule is C#Cc1ccc(C(=O)O[C@H](c2ccnc3ccc(O)cc23)C2CC3CCN2CC3C=C)cc1. The van der Waals surface area contributed by atoms with E-state index in [1.54, 1.807) is 48.7 Å². The number of piperidine rings is 3. The number of benzene rings is 2. The number of aromatic nitrogens is 1. The van der Waals surface area contributed by atoms with Crippen LogP contribution in [0.4, 0.5) is 0 Å². The molecule has 3 fully saturated rings. The maximum Gasteiger partial charge on any atom is 0.338 e. The average molecular weight is 439 g/mol. The molecule has 0 amide bonds. The molecular weight excluding hydrogens is 412 g/mol. The number of ether oxygens (including phenoxy) is 1. The molecule has 3 aromatic rings. The normalized spacial score (nSPS) is 24.7. The zero-order valence-corrected chi connectivity index (χ0v) is 18.4. The second kappa shape index (κ2) is 8.73. The van der Waals surface area contributed by atoms with Crippen molar-refractivity contribution in [2.24, 2.45) is 11.8 Å². The summed E-state index contributed by atoms with van der Waals surface area (Å²) in [6.45, 7) is 5.91. The van der Waals surface area contributed by atoms with Crippen molar-refractivity contribution >= 4 is 16.9 Å². The largest absolute Gasteiger partial charge is 0.508 e. The maximum absolute atomic E-state index is 13.2. The third kappa shape index (κ3) is 3.99. The number of pyridine rings is 1. The monoisotopic (exact) mass is 438 g/mol. The lowest BCUT2D eigenvalue weighted by atomic mass is 9.73. The first-order chi connectivity index (χ1) is 16.1. The van der Waals surface area contributed by atoms with Gasteiger partial charge in [0.2, 0.25) is 0 Å². The number of phenols is 1. The van der Waals surface area contributed by atoms with E-state index in [1.807, 2.05) is 6.07 Å². The van der Waals surface area contributed by atoms with Crippen LogP contribution in [0, 0.1) is 24.2 Å². The highest BCUT2D eigenvalue weighted by atomic mass is 16.5. The van der Waals surface area contributed by atoms with Crippen molar-refractivity contribution in [2.75, 3.05) is 13.1 Å². The number of hydrogen-bond donors (Lipinski definition) is 1. The second-order valence-electron chi connectivity index (χ2n) is 8.90. The van der Waals surface area contributed by atoms with E-state index in [4.69, 9.17) is 11.2 Å². The van der Waals surface area contributed by atoms with Gasteiger partial charge in [-0.1, -0.05) is 12.0 Å². The predicted octanol–water partition coefficient (Wildman–Crippen LogP) is 4.72. The zero-order chi connectivity index (χ0) is 22.9. The Balaban J connectivity index is 1.54. The van der Waals surface area contributed by atoms with Gasteiger partial charge in [-0.25, -0.2) is 4.79 Å². The molecule has 2 aromatic carbocycles. The topological polar surface area (TPSA) is 62.7 Å². The molecule has 5 nitrogen and oxygen atoms in total. The van der Waals surface area contributed by atoms with Crippen molar-refractivity contribution < 1.29 is 14.6 Å². The summed E-state index contributed by atoms with van der Waals surface area (Å²) in [5.74, 6) is 3.31. The number of nitrogens with zero attached hydrogens (tertiary/aromatic N) is 2. The Bertz CT molecular complexity index is 1240. The molecule has 4 heterocycles. The third-order valence-electron chi connectivity index (χ3n) is 7.09. The highest BCUT2D eigenvalue weighted by Crippen LogP contribution is 2.43. The average Bonchev–Trinajstić information content (AvgIpc) is 2.87. The van der Waals surface area contributed by atoms with Crippen LogP contribution in [0.25, 0.3) is 10.9 Å². The molecule has 166 valence electrons. The summed E-state index contributed by atoms with van der Waals surface area (Å²) >= 11 is 0. The number of phenolic OH excluding ortho intramolecular Hbond substituents is 1. The Morgan fingerprint density at radius 2 is 2.09 bits per heavy atom. The van der Waals surface area contributed by atoms with Crippen LogP contribution in [-0.4, -0.2) is 40.1 Å². The highest BCUT2D eigenvalue weighted by Gasteiger charge is 2.44. The lowest BCUT2D eigenvalue weighted by molar-refractivity contribution is -0.0568. The molecule has 3 aliphatic heterocycles. The minimum Gasteiger partial charge on any atom is -0.508 e. The van der Waals surface area contributed by atoms with Gasteiger partial charge in [0.15, 0.2) is 0 Å². The van der Waals surface area contributed by atoms with Gasteiger partial charge in [-0.2, -0.15) is 0 Å². The molecular formula is C28H26N2O3.